The van der Waals surface area contributed by atoms with Crippen molar-refractivity contribution in [2.24, 2.45) is 5.92 Å². The molecule has 4 nitrogen and oxygen atoms in total. The lowest BCUT2D eigenvalue weighted by Gasteiger charge is -2.12. The summed E-state index contributed by atoms with van der Waals surface area (Å²) in [6.07, 6.45) is 4.97. The smallest absolute Gasteiger partial charge is 0.227 e. The van der Waals surface area contributed by atoms with Crippen LogP contribution in [0.4, 0.5) is 5.69 Å². The summed E-state index contributed by atoms with van der Waals surface area (Å²) >= 11 is 0. The van der Waals surface area contributed by atoms with Crippen molar-refractivity contribution in [3.63, 3.8) is 0 Å². The summed E-state index contributed by atoms with van der Waals surface area (Å²) in [5.74, 6) is 0.828. The van der Waals surface area contributed by atoms with Crippen molar-refractivity contribution in [3.05, 3.63) is 18.2 Å². The third-order valence-electron chi connectivity index (χ3n) is 2.40. The second kappa shape index (κ2) is 5.44. The van der Waals surface area contributed by atoms with Gasteiger partial charge >= 0.3 is 0 Å². The molecular weight excluding hydrogens is 190 g/mol. The zero-order valence-electron chi connectivity index (χ0n) is 9.45. The Labute approximate surface area is 90.1 Å². The average molecular weight is 207 g/mol. The highest BCUT2D eigenvalue weighted by Crippen LogP contribution is 2.11. The molecule has 4 heteroatoms. The van der Waals surface area contributed by atoms with Gasteiger partial charge in [-0.25, -0.2) is 9.97 Å². The maximum Gasteiger partial charge on any atom is 0.227 e. The minimum atomic E-state index is 0.0486. The lowest BCUT2D eigenvalue weighted by molar-refractivity contribution is -0.120. The Morgan fingerprint density at radius 3 is 2.33 bits per heavy atom. The second-order valence-electron chi connectivity index (χ2n) is 3.52. The van der Waals surface area contributed by atoms with Gasteiger partial charge in [0.15, 0.2) is 0 Å². The van der Waals surface area contributed by atoms with E-state index in [1.807, 2.05) is 20.8 Å². The number of carbonyl (C=O) groups excluding carboxylic acids is 1. The molecule has 0 fully saturated rings. The molecule has 0 bridgehead atoms. The number of nitrogens with zero attached hydrogens (tertiary/aromatic N) is 2. The monoisotopic (exact) mass is 207 g/mol. The maximum atomic E-state index is 11.7. The number of rotatable bonds is 4. The molecule has 0 aliphatic rings. The highest BCUT2D eigenvalue weighted by molar-refractivity contribution is 5.92. The van der Waals surface area contributed by atoms with Crippen LogP contribution in [-0.2, 0) is 4.79 Å². The molecule has 0 spiro atoms. The summed E-state index contributed by atoms with van der Waals surface area (Å²) in [5.41, 5.74) is 0.664. The number of nitrogens with one attached hydrogen (secondary N) is 1. The summed E-state index contributed by atoms with van der Waals surface area (Å²) in [7, 11) is 0. The summed E-state index contributed by atoms with van der Waals surface area (Å²) in [6.45, 7) is 5.84. The van der Waals surface area contributed by atoms with Gasteiger partial charge in [0.25, 0.3) is 0 Å². The van der Waals surface area contributed by atoms with Crippen LogP contribution in [0.15, 0.2) is 12.4 Å². The quantitative estimate of drug-likeness (QED) is 0.823. The van der Waals surface area contributed by atoms with Crippen molar-refractivity contribution in [2.75, 3.05) is 5.32 Å². The van der Waals surface area contributed by atoms with Gasteiger partial charge in [-0.3, -0.25) is 4.79 Å². The van der Waals surface area contributed by atoms with Crippen LogP contribution in [-0.4, -0.2) is 15.9 Å². The summed E-state index contributed by atoms with van der Waals surface area (Å²) in [5, 5.41) is 2.81. The van der Waals surface area contributed by atoms with E-state index in [1.165, 1.54) is 0 Å². The first-order chi connectivity index (χ1) is 7.17. The van der Waals surface area contributed by atoms with Crippen molar-refractivity contribution < 1.29 is 4.79 Å². The Kier molecular flexibility index (Phi) is 4.21. The molecule has 0 aliphatic carbocycles. The van der Waals surface area contributed by atoms with Crippen LogP contribution in [0.25, 0.3) is 0 Å². The Morgan fingerprint density at radius 1 is 1.33 bits per heavy atom. The van der Waals surface area contributed by atoms with E-state index in [9.17, 15) is 4.79 Å². The number of anilines is 1. The van der Waals surface area contributed by atoms with Crippen LogP contribution in [0.5, 0.6) is 0 Å². The van der Waals surface area contributed by atoms with Gasteiger partial charge in [-0.05, 0) is 19.8 Å². The van der Waals surface area contributed by atoms with Gasteiger partial charge in [-0.1, -0.05) is 13.8 Å². The Bertz CT molecular complexity index is 317. The van der Waals surface area contributed by atoms with E-state index in [1.54, 1.807) is 12.4 Å². The van der Waals surface area contributed by atoms with E-state index in [0.717, 1.165) is 12.8 Å². The maximum absolute atomic E-state index is 11.7. The molecule has 1 amide bonds. The first kappa shape index (κ1) is 11.6. The SMILES string of the molecule is CCC(CC)C(=O)Nc1cnc(C)nc1. The van der Waals surface area contributed by atoms with E-state index in [2.05, 4.69) is 15.3 Å². The van der Waals surface area contributed by atoms with E-state index in [4.69, 9.17) is 0 Å². The van der Waals surface area contributed by atoms with Gasteiger partial charge in [-0.15, -0.1) is 0 Å². The van der Waals surface area contributed by atoms with Crippen molar-refractivity contribution in [1.82, 2.24) is 9.97 Å². The molecular formula is C11H17N3O. The van der Waals surface area contributed by atoms with Gasteiger partial charge in [-0.2, -0.15) is 0 Å². The first-order valence-corrected chi connectivity index (χ1v) is 5.26. The van der Waals surface area contributed by atoms with Crippen LogP contribution in [0, 0.1) is 12.8 Å². The molecule has 82 valence electrons. The molecule has 0 saturated carbocycles. The van der Waals surface area contributed by atoms with Crippen molar-refractivity contribution in [1.29, 1.82) is 0 Å². The van der Waals surface area contributed by atoms with Crippen LogP contribution in [0.3, 0.4) is 0 Å². The lowest BCUT2D eigenvalue weighted by Crippen LogP contribution is -2.21. The third-order valence-corrected chi connectivity index (χ3v) is 2.40. The fraction of sp³-hybridized carbons (Fsp3) is 0.545. The molecule has 0 saturated heterocycles. The zero-order valence-corrected chi connectivity index (χ0v) is 9.45. The molecule has 0 atom stereocenters. The molecule has 15 heavy (non-hydrogen) atoms. The first-order valence-electron chi connectivity index (χ1n) is 5.26. The number of aromatic nitrogens is 2. The lowest BCUT2D eigenvalue weighted by atomic mass is 10.0. The highest BCUT2D eigenvalue weighted by Gasteiger charge is 2.13. The number of aryl methyl sites for hydroxylation is 1. The molecule has 1 aromatic heterocycles. The van der Waals surface area contributed by atoms with E-state index in [-0.39, 0.29) is 11.8 Å². The largest absolute Gasteiger partial charge is 0.323 e. The molecule has 0 radical (unpaired) electrons. The van der Waals surface area contributed by atoms with Crippen LogP contribution in [0.1, 0.15) is 32.5 Å². The average Bonchev–Trinajstić information content (AvgIpc) is 2.23. The Morgan fingerprint density at radius 2 is 1.87 bits per heavy atom. The van der Waals surface area contributed by atoms with Gasteiger partial charge in [0.2, 0.25) is 5.91 Å². The van der Waals surface area contributed by atoms with Gasteiger partial charge < -0.3 is 5.32 Å². The standard InChI is InChI=1S/C11H17N3O/c1-4-9(5-2)11(15)14-10-6-12-8(3)13-7-10/h6-7,9H,4-5H2,1-3H3,(H,14,15). The normalized spacial score (nSPS) is 10.4. The van der Waals surface area contributed by atoms with Crippen molar-refractivity contribution in [2.45, 2.75) is 33.6 Å². The van der Waals surface area contributed by atoms with Crippen molar-refractivity contribution in [3.8, 4) is 0 Å². The summed E-state index contributed by atoms with van der Waals surface area (Å²) in [6, 6.07) is 0. The van der Waals surface area contributed by atoms with E-state index >= 15 is 0 Å². The Hall–Kier alpha value is -1.45. The number of hydrogen-bond acceptors (Lipinski definition) is 3. The zero-order chi connectivity index (χ0) is 11.3. The van der Waals surface area contributed by atoms with Crippen LogP contribution < -0.4 is 5.32 Å². The minimum Gasteiger partial charge on any atom is -0.323 e. The molecule has 1 N–H and O–H groups in total. The number of hydrogen-bond donors (Lipinski definition) is 1. The number of amides is 1. The summed E-state index contributed by atoms with van der Waals surface area (Å²) in [4.78, 5) is 19.7. The predicted molar refractivity (Wildman–Crippen MR) is 59.5 cm³/mol. The number of carbonyl (C=O) groups is 1. The molecule has 0 aromatic carbocycles. The van der Waals surface area contributed by atoms with Gasteiger partial charge in [0, 0.05) is 5.92 Å². The third kappa shape index (κ3) is 3.31. The van der Waals surface area contributed by atoms with E-state index < -0.39 is 0 Å². The van der Waals surface area contributed by atoms with Gasteiger partial charge in [0.05, 0.1) is 18.1 Å². The van der Waals surface area contributed by atoms with Crippen molar-refractivity contribution >= 4 is 11.6 Å². The van der Waals surface area contributed by atoms with Gasteiger partial charge in [0.1, 0.15) is 5.82 Å². The van der Waals surface area contributed by atoms with Crippen LogP contribution in [0.2, 0.25) is 0 Å². The topological polar surface area (TPSA) is 54.9 Å². The molecule has 1 rings (SSSR count). The molecule has 1 heterocycles. The highest BCUT2D eigenvalue weighted by atomic mass is 16.1. The predicted octanol–water partition coefficient (Wildman–Crippen LogP) is 2.16. The van der Waals surface area contributed by atoms with E-state index in [0.29, 0.717) is 11.5 Å². The Balaban J connectivity index is 2.61. The summed E-state index contributed by atoms with van der Waals surface area (Å²) < 4.78 is 0. The minimum absolute atomic E-state index is 0.0486. The molecule has 0 aliphatic heterocycles. The molecule has 1 aromatic rings. The second-order valence-corrected chi connectivity index (χ2v) is 3.52. The fourth-order valence-corrected chi connectivity index (χ4v) is 1.36. The molecule has 0 unspecified atom stereocenters. The fourth-order valence-electron chi connectivity index (χ4n) is 1.36. The van der Waals surface area contributed by atoms with Crippen LogP contribution >= 0.6 is 0 Å².